The van der Waals surface area contributed by atoms with Crippen LogP contribution in [0.2, 0.25) is 0 Å². The largest absolute Gasteiger partial charge is 0.384 e. The van der Waals surface area contributed by atoms with Crippen LogP contribution < -0.4 is 10.6 Å². The lowest BCUT2D eigenvalue weighted by molar-refractivity contribution is -0.133. The minimum atomic E-state index is -0.330. The summed E-state index contributed by atoms with van der Waals surface area (Å²) < 4.78 is 5.24. The van der Waals surface area contributed by atoms with E-state index in [1.54, 1.807) is 7.11 Å². The summed E-state index contributed by atoms with van der Waals surface area (Å²) in [6.45, 7) is 3.04. The average molecular weight is 254 g/mol. The van der Waals surface area contributed by atoms with Crippen molar-refractivity contribution in [1.82, 2.24) is 10.6 Å². The highest BCUT2D eigenvalue weighted by Crippen LogP contribution is 2.27. The van der Waals surface area contributed by atoms with Crippen LogP contribution in [0.3, 0.4) is 0 Å². The molecule has 0 spiro atoms. The molecular formula is C14H26N2O2. The Balaban J connectivity index is 1.81. The number of ether oxygens (including phenoxy) is 1. The van der Waals surface area contributed by atoms with Gasteiger partial charge in [-0.05, 0) is 31.7 Å². The van der Waals surface area contributed by atoms with Crippen LogP contribution in [0, 0.1) is 11.3 Å². The van der Waals surface area contributed by atoms with Crippen LogP contribution in [0.1, 0.15) is 38.5 Å². The number of rotatable bonds is 5. The maximum atomic E-state index is 12.4. The van der Waals surface area contributed by atoms with Crippen molar-refractivity contribution in [1.29, 1.82) is 0 Å². The van der Waals surface area contributed by atoms with Crippen LogP contribution in [0.4, 0.5) is 0 Å². The molecule has 0 bridgehead atoms. The minimum Gasteiger partial charge on any atom is -0.384 e. The Morgan fingerprint density at radius 3 is 2.78 bits per heavy atom. The first-order valence-corrected chi connectivity index (χ1v) is 7.25. The molecule has 1 aliphatic heterocycles. The van der Waals surface area contributed by atoms with E-state index in [9.17, 15) is 4.79 Å². The van der Waals surface area contributed by atoms with Gasteiger partial charge in [-0.25, -0.2) is 0 Å². The van der Waals surface area contributed by atoms with Gasteiger partial charge in [-0.1, -0.05) is 19.3 Å². The molecule has 18 heavy (non-hydrogen) atoms. The predicted molar refractivity (Wildman–Crippen MR) is 71.4 cm³/mol. The van der Waals surface area contributed by atoms with Crippen LogP contribution >= 0.6 is 0 Å². The third kappa shape index (κ3) is 3.23. The number of carbonyl (C=O) groups is 1. The van der Waals surface area contributed by atoms with Crippen LogP contribution in [-0.2, 0) is 9.53 Å². The van der Waals surface area contributed by atoms with E-state index in [1.165, 1.54) is 32.1 Å². The Morgan fingerprint density at radius 2 is 2.17 bits per heavy atom. The monoisotopic (exact) mass is 254 g/mol. The zero-order chi connectivity index (χ0) is 12.8. The Kier molecular flexibility index (Phi) is 5.01. The maximum Gasteiger partial charge on any atom is 0.229 e. The number of nitrogens with one attached hydrogen (secondary N) is 2. The molecule has 1 heterocycles. The van der Waals surface area contributed by atoms with Crippen molar-refractivity contribution in [3.63, 3.8) is 0 Å². The van der Waals surface area contributed by atoms with Gasteiger partial charge in [0, 0.05) is 20.2 Å². The lowest BCUT2D eigenvalue weighted by Gasteiger charge is -2.28. The van der Waals surface area contributed by atoms with E-state index < -0.39 is 0 Å². The number of amides is 1. The zero-order valence-corrected chi connectivity index (χ0v) is 11.5. The highest BCUT2D eigenvalue weighted by atomic mass is 16.5. The van der Waals surface area contributed by atoms with Gasteiger partial charge in [0.15, 0.2) is 0 Å². The number of hydrogen-bond donors (Lipinski definition) is 2. The molecule has 0 aromatic rings. The second kappa shape index (κ2) is 6.53. The highest BCUT2D eigenvalue weighted by Gasteiger charge is 2.41. The number of carbonyl (C=O) groups excluding carboxylic acids is 1. The van der Waals surface area contributed by atoms with E-state index in [4.69, 9.17) is 4.74 Å². The van der Waals surface area contributed by atoms with Gasteiger partial charge < -0.3 is 15.4 Å². The van der Waals surface area contributed by atoms with Crippen molar-refractivity contribution in [3.05, 3.63) is 0 Å². The molecule has 2 aliphatic rings. The van der Waals surface area contributed by atoms with Gasteiger partial charge >= 0.3 is 0 Å². The van der Waals surface area contributed by atoms with Gasteiger partial charge in [0.2, 0.25) is 5.91 Å². The molecule has 1 saturated heterocycles. The number of hydrogen-bond acceptors (Lipinski definition) is 3. The maximum absolute atomic E-state index is 12.4. The predicted octanol–water partition coefficient (Wildman–Crippen LogP) is 1.31. The topological polar surface area (TPSA) is 50.4 Å². The summed E-state index contributed by atoms with van der Waals surface area (Å²) in [6.07, 6.45) is 7.45. The molecular weight excluding hydrogens is 228 g/mol. The van der Waals surface area contributed by atoms with Gasteiger partial charge in [0.25, 0.3) is 0 Å². The van der Waals surface area contributed by atoms with Gasteiger partial charge in [-0.3, -0.25) is 4.79 Å². The van der Waals surface area contributed by atoms with Gasteiger partial charge in [-0.15, -0.1) is 0 Å². The van der Waals surface area contributed by atoms with Crippen LogP contribution in [0.15, 0.2) is 0 Å². The van der Waals surface area contributed by atoms with Crippen molar-refractivity contribution in [2.24, 2.45) is 11.3 Å². The minimum absolute atomic E-state index is 0.180. The van der Waals surface area contributed by atoms with Gasteiger partial charge in [0.05, 0.1) is 12.0 Å². The fourth-order valence-corrected chi connectivity index (χ4v) is 3.22. The van der Waals surface area contributed by atoms with Crippen molar-refractivity contribution in [2.75, 3.05) is 33.4 Å². The summed E-state index contributed by atoms with van der Waals surface area (Å²) in [7, 11) is 1.68. The molecule has 0 aromatic carbocycles. The summed E-state index contributed by atoms with van der Waals surface area (Å²) >= 11 is 0. The molecule has 2 N–H and O–H groups in total. The summed E-state index contributed by atoms with van der Waals surface area (Å²) in [5.41, 5.74) is -0.330. The first kappa shape index (κ1) is 13.8. The fourth-order valence-electron chi connectivity index (χ4n) is 3.22. The van der Waals surface area contributed by atoms with Crippen molar-refractivity contribution in [2.45, 2.75) is 38.5 Å². The second-order valence-electron chi connectivity index (χ2n) is 5.85. The molecule has 1 aliphatic carbocycles. The van der Waals surface area contributed by atoms with Crippen molar-refractivity contribution >= 4 is 5.91 Å². The van der Waals surface area contributed by atoms with E-state index >= 15 is 0 Å². The zero-order valence-electron chi connectivity index (χ0n) is 11.5. The summed E-state index contributed by atoms with van der Waals surface area (Å²) in [6, 6.07) is 0. The molecule has 0 aromatic heterocycles. The lowest BCUT2D eigenvalue weighted by Crippen LogP contribution is -2.47. The normalized spacial score (nSPS) is 29.4. The average Bonchev–Trinajstić information content (AvgIpc) is 2.87. The first-order chi connectivity index (χ1) is 8.77. The lowest BCUT2D eigenvalue weighted by atomic mass is 9.85. The van der Waals surface area contributed by atoms with E-state index in [0.717, 1.165) is 26.1 Å². The van der Waals surface area contributed by atoms with Crippen LogP contribution in [0.25, 0.3) is 0 Å². The SMILES string of the molecule is COCC1(C(=O)NCC2CCCCC2)CCNC1. The molecule has 1 saturated carbocycles. The van der Waals surface area contributed by atoms with Gasteiger partial charge in [-0.2, -0.15) is 0 Å². The van der Waals surface area contributed by atoms with E-state index in [0.29, 0.717) is 12.5 Å². The molecule has 1 unspecified atom stereocenters. The van der Waals surface area contributed by atoms with E-state index in [1.807, 2.05) is 0 Å². The smallest absolute Gasteiger partial charge is 0.229 e. The fraction of sp³-hybridized carbons (Fsp3) is 0.929. The van der Waals surface area contributed by atoms with E-state index in [2.05, 4.69) is 10.6 Å². The molecule has 4 nitrogen and oxygen atoms in total. The molecule has 1 atom stereocenters. The third-order valence-electron chi connectivity index (χ3n) is 4.42. The Morgan fingerprint density at radius 1 is 1.39 bits per heavy atom. The molecule has 2 fully saturated rings. The molecule has 0 radical (unpaired) electrons. The Hall–Kier alpha value is -0.610. The number of methoxy groups -OCH3 is 1. The van der Waals surface area contributed by atoms with E-state index in [-0.39, 0.29) is 11.3 Å². The molecule has 1 amide bonds. The third-order valence-corrected chi connectivity index (χ3v) is 4.42. The standard InChI is InChI=1S/C14H26N2O2/c1-18-11-14(7-8-15-10-14)13(17)16-9-12-5-3-2-4-6-12/h12,15H,2-11H2,1H3,(H,16,17). The van der Waals surface area contributed by atoms with Gasteiger partial charge in [0.1, 0.15) is 0 Å². The van der Waals surface area contributed by atoms with Crippen molar-refractivity contribution in [3.8, 4) is 0 Å². The molecule has 2 rings (SSSR count). The molecule has 4 heteroatoms. The second-order valence-corrected chi connectivity index (χ2v) is 5.85. The Bertz CT molecular complexity index is 269. The summed E-state index contributed by atoms with van der Waals surface area (Å²) in [4.78, 5) is 12.4. The first-order valence-electron chi connectivity index (χ1n) is 7.25. The van der Waals surface area contributed by atoms with Crippen LogP contribution in [0.5, 0.6) is 0 Å². The summed E-state index contributed by atoms with van der Waals surface area (Å²) in [5, 5.41) is 6.44. The highest BCUT2D eigenvalue weighted by molar-refractivity contribution is 5.83. The summed E-state index contributed by atoms with van der Waals surface area (Å²) in [5.74, 6) is 0.872. The van der Waals surface area contributed by atoms with Crippen molar-refractivity contribution < 1.29 is 9.53 Å². The molecule has 104 valence electrons. The Labute approximate surface area is 110 Å². The quantitative estimate of drug-likeness (QED) is 0.778. The van der Waals surface area contributed by atoms with Crippen LogP contribution in [-0.4, -0.2) is 39.3 Å².